The third-order valence-electron chi connectivity index (χ3n) is 3.55. The molecule has 1 fully saturated rings. The molecule has 1 aromatic rings. The van der Waals surface area contributed by atoms with Gasteiger partial charge in [-0.1, -0.05) is 6.07 Å². The van der Waals surface area contributed by atoms with E-state index in [9.17, 15) is 23.1 Å². The molecule has 0 saturated carbocycles. The minimum absolute atomic E-state index is 0.0111. The first-order chi connectivity index (χ1) is 9.83. The van der Waals surface area contributed by atoms with E-state index in [0.29, 0.717) is 26.1 Å². The lowest BCUT2D eigenvalue weighted by atomic mass is 9.80. The minimum atomic E-state index is -4.53. The van der Waals surface area contributed by atoms with Crippen LogP contribution in [-0.2, 0) is 15.7 Å². The van der Waals surface area contributed by atoms with E-state index in [4.69, 9.17) is 4.74 Å². The van der Waals surface area contributed by atoms with Crippen molar-refractivity contribution in [3.8, 4) is 0 Å². The Morgan fingerprint density at radius 3 is 2.62 bits per heavy atom. The molecule has 21 heavy (non-hydrogen) atoms. The fraction of sp³-hybridized carbons (Fsp3) is 0.538. The Kier molecular flexibility index (Phi) is 4.36. The number of rotatable bonds is 4. The van der Waals surface area contributed by atoms with Gasteiger partial charge in [-0.2, -0.15) is 13.2 Å². The zero-order chi connectivity index (χ0) is 15.5. The highest BCUT2D eigenvalue weighted by molar-refractivity contribution is 5.75. The van der Waals surface area contributed by atoms with Gasteiger partial charge in [0.05, 0.1) is 5.41 Å². The van der Waals surface area contributed by atoms with Crippen molar-refractivity contribution in [1.82, 2.24) is 4.98 Å². The third-order valence-corrected chi connectivity index (χ3v) is 3.55. The maximum absolute atomic E-state index is 12.6. The Hall–Kier alpha value is -1.83. The predicted molar refractivity (Wildman–Crippen MR) is 67.9 cm³/mol. The molecule has 0 aromatic carbocycles. The van der Waals surface area contributed by atoms with Crippen molar-refractivity contribution in [3.05, 3.63) is 23.9 Å². The zero-order valence-corrected chi connectivity index (χ0v) is 11.1. The van der Waals surface area contributed by atoms with E-state index in [2.05, 4.69) is 10.3 Å². The van der Waals surface area contributed by atoms with Crippen LogP contribution in [0.3, 0.4) is 0 Å². The lowest BCUT2D eigenvalue weighted by Gasteiger charge is -2.33. The van der Waals surface area contributed by atoms with Crippen LogP contribution in [-0.4, -0.2) is 35.8 Å². The molecule has 1 aliphatic rings. The number of hydrogen-bond acceptors (Lipinski definition) is 4. The molecule has 1 aromatic heterocycles. The van der Waals surface area contributed by atoms with Crippen LogP contribution in [0.25, 0.3) is 0 Å². The standard InChI is InChI=1S/C13H15F3N2O3/c14-13(15,16)9-2-1-3-10(18-9)17-8-12(11(19)20)4-6-21-7-5-12/h1-3H,4-8H2,(H,17,18)(H,19,20). The van der Waals surface area contributed by atoms with Gasteiger partial charge in [0, 0.05) is 19.8 Å². The minimum Gasteiger partial charge on any atom is -0.481 e. The van der Waals surface area contributed by atoms with Gasteiger partial charge in [-0.3, -0.25) is 4.79 Å². The summed E-state index contributed by atoms with van der Waals surface area (Å²) in [6, 6.07) is 3.48. The van der Waals surface area contributed by atoms with Crippen LogP contribution in [0.4, 0.5) is 19.0 Å². The average Bonchev–Trinajstić information content (AvgIpc) is 2.45. The van der Waals surface area contributed by atoms with Gasteiger partial charge in [0.2, 0.25) is 0 Å². The second kappa shape index (κ2) is 5.88. The summed E-state index contributed by atoms with van der Waals surface area (Å²) >= 11 is 0. The molecule has 2 rings (SSSR count). The number of carbonyl (C=O) groups is 1. The Morgan fingerprint density at radius 1 is 1.38 bits per heavy atom. The van der Waals surface area contributed by atoms with Crippen LogP contribution in [0.5, 0.6) is 0 Å². The number of alkyl halides is 3. The highest BCUT2D eigenvalue weighted by Gasteiger charge is 2.40. The van der Waals surface area contributed by atoms with Crippen molar-refractivity contribution >= 4 is 11.8 Å². The number of carboxylic acid groups (broad SMARTS) is 1. The first kappa shape index (κ1) is 15.6. The van der Waals surface area contributed by atoms with Gasteiger partial charge < -0.3 is 15.2 Å². The van der Waals surface area contributed by atoms with Crippen LogP contribution in [0.15, 0.2) is 18.2 Å². The monoisotopic (exact) mass is 304 g/mol. The van der Waals surface area contributed by atoms with E-state index >= 15 is 0 Å². The van der Waals surface area contributed by atoms with Gasteiger partial charge in [0.15, 0.2) is 0 Å². The number of halogens is 3. The normalized spacial score (nSPS) is 18.2. The topological polar surface area (TPSA) is 71.5 Å². The Labute approximate surface area is 119 Å². The summed E-state index contributed by atoms with van der Waals surface area (Å²) in [5.74, 6) is -0.970. The highest BCUT2D eigenvalue weighted by atomic mass is 19.4. The fourth-order valence-corrected chi connectivity index (χ4v) is 2.18. The zero-order valence-electron chi connectivity index (χ0n) is 11.1. The Balaban J connectivity index is 2.09. The molecule has 116 valence electrons. The molecule has 0 spiro atoms. The van der Waals surface area contributed by atoms with Gasteiger partial charge >= 0.3 is 12.1 Å². The average molecular weight is 304 g/mol. The molecule has 5 nitrogen and oxygen atoms in total. The first-order valence-electron chi connectivity index (χ1n) is 6.43. The maximum Gasteiger partial charge on any atom is 0.433 e. The summed E-state index contributed by atoms with van der Waals surface area (Å²) in [6.45, 7) is 0.661. The molecule has 0 atom stereocenters. The third kappa shape index (κ3) is 3.63. The van der Waals surface area contributed by atoms with Gasteiger partial charge in [-0.25, -0.2) is 4.98 Å². The Morgan fingerprint density at radius 2 is 2.05 bits per heavy atom. The summed E-state index contributed by atoms with van der Waals surface area (Å²) in [4.78, 5) is 14.9. The number of nitrogens with zero attached hydrogens (tertiary/aromatic N) is 1. The fourth-order valence-electron chi connectivity index (χ4n) is 2.18. The lowest BCUT2D eigenvalue weighted by Crippen LogP contribution is -2.42. The van der Waals surface area contributed by atoms with Crippen LogP contribution in [0, 0.1) is 5.41 Å². The number of pyridine rings is 1. The summed E-state index contributed by atoms with van der Waals surface area (Å²) in [7, 11) is 0. The number of aromatic nitrogens is 1. The molecule has 1 saturated heterocycles. The number of hydrogen-bond donors (Lipinski definition) is 2. The quantitative estimate of drug-likeness (QED) is 0.893. The van der Waals surface area contributed by atoms with Gasteiger partial charge in [-0.15, -0.1) is 0 Å². The second-order valence-electron chi connectivity index (χ2n) is 4.96. The summed E-state index contributed by atoms with van der Waals surface area (Å²) in [5.41, 5.74) is -2.04. The molecule has 0 amide bonds. The molecular weight excluding hydrogens is 289 g/mol. The number of ether oxygens (including phenoxy) is 1. The smallest absolute Gasteiger partial charge is 0.433 e. The first-order valence-corrected chi connectivity index (χ1v) is 6.43. The lowest BCUT2D eigenvalue weighted by molar-refractivity contribution is -0.153. The number of nitrogens with one attached hydrogen (secondary N) is 1. The van der Waals surface area contributed by atoms with Crippen molar-refractivity contribution in [1.29, 1.82) is 0 Å². The maximum atomic E-state index is 12.6. The van der Waals surface area contributed by atoms with Crippen LogP contribution in [0.2, 0.25) is 0 Å². The largest absolute Gasteiger partial charge is 0.481 e. The van der Waals surface area contributed by atoms with Gasteiger partial charge in [0.25, 0.3) is 0 Å². The van der Waals surface area contributed by atoms with Crippen molar-refractivity contribution < 1.29 is 27.8 Å². The SMILES string of the molecule is O=C(O)C1(CNc2cccc(C(F)(F)F)n2)CCOCC1. The molecule has 0 bridgehead atoms. The molecule has 2 N–H and O–H groups in total. The number of aliphatic carboxylic acids is 1. The van der Waals surface area contributed by atoms with E-state index in [1.54, 1.807) is 0 Å². The molecule has 2 heterocycles. The summed E-state index contributed by atoms with van der Waals surface area (Å²) < 4.78 is 42.8. The van der Waals surface area contributed by atoms with E-state index in [0.717, 1.165) is 6.07 Å². The van der Waals surface area contributed by atoms with E-state index in [-0.39, 0.29) is 12.4 Å². The number of carboxylic acids is 1. The summed E-state index contributed by atoms with van der Waals surface area (Å²) in [5, 5.41) is 12.1. The van der Waals surface area contributed by atoms with E-state index in [1.165, 1.54) is 12.1 Å². The van der Waals surface area contributed by atoms with Gasteiger partial charge in [0.1, 0.15) is 11.5 Å². The highest BCUT2D eigenvalue weighted by Crippen LogP contribution is 2.32. The van der Waals surface area contributed by atoms with Crippen LogP contribution < -0.4 is 5.32 Å². The van der Waals surface area contributed by atoms with Crippen molar-refractivity contribution in [2.24, 2.45) is 5.41 Å². The molecular formula is C13H15F3N2O3. The molecule has 8 heteroatoms. The Bertz CT molecular complexity index is 514. The molecule has 0 radical (unpaired) electrons. The van der Waals surface area contributed by atoms with Crippen LogP contribution in [0.1, 0.15) is 18.5 Å². The molecule has 1 aliphatic heterocycles. The van der Waals surface area contributed by atoms with Crippen LogP contribution >= 0.6 is 0 Å². The second-order valence-corrected chi connectivity index (χ2v) is 4.96. The van der Waals surface area contributed by atoms with Crippen molar-refractivity contribution in [2.75, 3.05) is 25.1 Å². The summed E-state index contributed by atoms with van der Waals surface area (Å²) in [6.07, 6.45) is -3.90. The van der Waals surface area contributed by atoms with E-state index in [1.807, 2.05) is 0 Å². The molecule has 0 unspecified atom stereocenters. The molecule has 0 aliphatic carbocycles. The predicted octanol–water partition coefficient (Wildman–Crippen LogP) is 2.39. The van der Waals surface area contributed by atoms with E-state index < -0.39 is 23.3 Å². The van der Waals surface area contributed by atoms with Crippen molar-refractivity contribution in [3.63, 3.8) is 0 Å². The van der Waals surface area contributed by atoms with Crippen molar-refractivity contribution in [2.45, 2.75) is 19.0 Å². The number of anilines is 1. The van der Waals surface area contributed by atoms with Gasteiger partial charge in [-0.05, 0) is 25.0 Å².